The van der Waals surface area contributed by atoms with Gasteiger partial charge in [-0.1, -0.05) is 11.6 Å². The van der Waals surface area contributed by atoms with Crippen molar-refractivity contribution >= 4 is 46.6 Å². The molecule has 1 aromatic rings. The van der Waals surface area contributed by atoms with E-state index in [2.05, 4.69) is 15.6 Å². The third-order valence-electron chi connectivity index (χ3n) is 3.21. The summed E-state index contributed by atoms with van der Waals surface area (Å²) >= 11 is 10.8. The monoisotopic (exact) mass is 341 g/mol. The van der Waals surface area contributed by atoms with Gasteiger partial charge >= 0.3 is 5.97 Å². The normalized spacial score (nSPS) is 20.4. The van der Waals surface area contributed by atoms with Gasteiger partial charge in [-0.05, 0) is 44.1 Å². The molecule has 1 fully saturated rings. The number of halogens is 1. The SMILES string of the molecule is C[C@@H]1C[C@H](CCC(=O)NC(=S)Nc2ccc(Cl)cn2)C(=O)O1. The summed E-state index contributed by atoms with van der Waals surface area (Å²) in [6.07, 6.45) is 2.73. The van der Waals surface area contributed by atoms with Crippen LogP contribution < -0.4 is 10.6 Å². The molecule has 0 saturated carbocycles. The number of hydrogen-bond donors (Lipinski definition) is 2. The van der Waals surface area contributed by atoms with Crippen LogP contribution in [-0.4, -0.2) is 28.1 Å². The van der Waals surface area contributed by atoms with Crippen LogP contribution in [-0.2, 0) is 14.3 Å². The number of hydrogen-bond acceptors (Lipinski definition) is 5. The van der Waals surface area contributed by atoms with E-state index >= 15 is 0 Å². The fourth-order valence-electron chi connectivity index (χ4n) is 2.17. The molecule has 0 aliphatic carbocycles. The molecule has 1 aliphatic heterocycles. The van der Waals surface area contributed by atoms with Crippen LogP contribution in [0.25, 0.3) is 0 Å². The van der Waals surface area contributed by atoms with Crippen LogP contribution >= 0.6 is 23.8 Å². The largest absolute Gasteiger partial charge is 0.462 e. The van der Waals surface area contributed by atoms with Gasteiger partial charge in [-0.2, -0.15) is 0 Å². The molecule has 8 heteroatoms. The van der Waals surface area contributed by atoms with E-state index in [0.717, 1.165) is 0 Å². The minimum Gasteiger partial charge on any atom is -0.462 e. The number of pyridine rings is 1. The number of nitrogens with zero attached hydrogens (tertiary/aromatic N) is 1. The summed E-state index contributed by atoms with van der Waals surface area (Å²) in [5, 5.41) is 6.00. The Kier molecular flexibility index (Phi) is 5.68. The summed E-state index contributed by atoms with van der Waals surface area (Å²) in [7, 11) is 0. The Balaban J connectivity index is 1.73. The number of carbonyl (C=O) groups is 2. The highest BCUT2D eigenvalue weighted by molar-refractivity contribution is 7.80. The first-order chi connectivity index (χ1) is 10.4. The molecule has 118 valence electrons. The smallest absolute Gasteiger partial charge is 0.309 e. The van der Waals surface area contributed by atoms with E-state index in [9.17, 15) is 9.59 Å². The lowest BCUT2D eigenvalue weighted by Crippen LogP contribution is -2.34. The molecule has 0 unspecified atom stereocenters. The van der Waals surface area contributed by atoms with Gasteiger partial charge in [0, 0.05) is 12.6 Å². The summed E-state index contributed by atoms with van der Waals surface area (Å²) in [6, 6.07) is 3.31. The van der Waals surface area contributed by atoms with Crippen molar-refractivity contribution in [3.05, 3.63) is 23.4 Å². The molecular weight excluding hydrogens is 326 g/mol. The Morgan fingerprint density at radius 2 is 2.32 bits per heavy atom. The van der Waals surface area contributed by atoms with Gasteiger partial charge in [0.1, 0.15) is 5.82 Å². The molecule has 2 N–H and O–H groups in total. The van der Waals surface area contributed by atoms with E-state index in [-0.39, 0.29) is 35.4 Å². The van der Waals surface area contributed by atoms with Crippen molar-refractivity contribution in [1.82, 2.24) is 10.3 Å². The Morgan fingerprint density at radius 1 is 1.55 bits per heavy atom. The van der Waals surface area contributed by atoms with Gasteiger partial charge < -0.3 is 15.4 Å². The van der Waals surface area contributed by atoms with Gasteiger partial charge in [-0.3, -0.25) is 9.59 Å². The maximum absolute atomic E-state index is 11.8. The number of amides is 1. The number of carbonyl (C=O) groups excluding carboxylic acids is 2. The van der Waals surface area contributed by atoms with Gasteiger partial charge in [0.05, 0.1) is 17.0 Å². The standard InChI is InChI=1S/C14H16ClN3O3S/c1-8-6-9(13(20)21-8)2-5-12(19)18-14(22)17-11-4-3-10(15)7-16-11/h3-4,7-9H,2,5-6H2,1H3,(H2,16,17,18,19,22)/t8-,9+/m1/s1. The molecule has 2 rings (SSSR count). The fourth-order valence-corrected chi connectivity index (χ4v) is 2.50. The number of nitrogens with one attached hydrogen (secondary N) is 2. The summed E-state index contributed by atoms with van der Waals surface area (Å²) in [4.78, 5) is 27.3. The van der Waals surface area contributed by atoms with Crippen LogP contribution in [0.3, 0.4) is 0 Å². The summed E-state index contributed by atoms with van der Waals surface area (Å²) in [5.41, 5.74) is 0. The highest BCUT2D eigenvalue weighted by Crippen LogP contribution is 2.24. The van der Waals surface area contributed by atoms with Crippen molar-refractivity contribution in [3.8, 4) is 0 Å². The van der Waals surface area contributed by atoms with Gasteiger partial charge in [0.2, 0.25) is 5.91 Å². The van der Waals surface area contributed by atoms with Crippen LogP contribution in [0, 0.1) is 5.92 Å². The first-order valence-electron chi connectivity index (χ1n) is 6.87. The van der Waals surface area contributed by atoms with Gasteiger partial charge in [-0.15, -0.1) is 0 Å². The van der Waals surface area contributed by atoms with E-state index in [1.165, 1.54) is 6.20 Å². The summed E-state index contributed by atoms with van der Waals surface area (Å²) in [5.74, 6) is -0.201. The van der Waals surface area contributed by atoms with E-state index in [1.54, 1.807) is 12.1 Å². The van der Waals surface area contributed by atoms with Gasteiger partial charge in [0.25, 0.3) is 0 Å². The van der Waals surface area contributed by atoms with Crippen LogP contribution in [0.4, 0.5) is 5.82 Å². The Hall–Kier alpha value is -1.73. The molecule has 0 aromatic carbocycles. The molecule has 6 nitrogen and oxygen atoms in total. The minimum absolute atomic E-state index is 0.0701. The second-order valence-electron chi connectivity index (χ2n) is 5.08. The lowest BCUT2D eigenvalue weighted by molar-refractivity contribution is -0.143. The maximum Gasteiger partial charge on any atom is 0.309 e. The number of ether oxygens (including phenoxy) is 1. The van der Waals surface area contributed by atoms with Crippen molar-refractivity contribution in [2.45, 2.75) is 32.3 Å². The van der Waals surface area contributed by atoms with E-state index in [0.29, 0.717) is 23.7 Å². The van der Waals surface area contributed by atoms with Crippen molar-refractivity contribution in [2.24, 2.45) is 5.92 Å². The Bertz CT molecular complexity index is 579. The number of thiocarbonyl (C=S) groups is 1. The number of aromatic nitrogens is 1. The second-order valence-corrected chi connectivity index (χ2v) is 5.93. The first kappa shape index (κ1) is 16.6. The first-order valence-corrected chi connectivity index (χ1v) is 7.65. The Morgan fingerprint density at radius 3 is 2.91 bits per heavy atom. The molecule has 2 heterocycles. The van der Waals surface area contributed by atoms with Crippen molar-refractivity contribution < 1.29 is 14.3 Å². The number of rotatable bonds is 4. The van der Waals surface area contributed by atoms with Crippen molar-refractivity contribution in [1.29, 1.82) is 0 Å². The van der Waals surface area contributed by atoms with E-state index in [1.807, 2.05) is 6.92 Å². The number of anilines is 1. The van der Waals surface area contributed by atoms with Crippen LogP contribution in [0.5, 0.6) is 0 Å². The van der Waals surface area contributed by atoms with E-state index in [4.69, 9.17) is 28.6 Å². The fraction of sp³-hybridized carbons (Fsp3) is 0.429. The predicted molar refractivity (Wildman–Crippen MR) is 86.5 cm³/mol. The van der Waals surface area contributed by atoms with E-state index < -0.39 is 0 Å². The molecule has 1 aromatic heterocycles. The van der Waals surface area contributed by atoms with Crippen LogP contribution in [0.2, 0.25) is 5.02 Å². The summed E-state index contributed by atoms with van der Waals surface area (Å²) in [6.45, 7) is 1.84. The predicted octanol–water partition coefficient (Wildman–Crippen LogP) is 2.28. The van der Waals surface area contributed by atoms with Gasteiger partial charge in [0.15, 0.2) is 5.11 Å². The third kappa shape index (κ3) is 4.92. The van der Waals surface area contributed by atoms with Gasteiger partial charge in [-0.25, -0.2) is 4.98 Å². The average molecular weight is 342 g/mol. The number of cyclic esters (lactones) is 1. The molecule has 2 atom stereocenters. The molecule has 1 aliphatic rings. The Labute approximate surface area is 138 Å². The quantitative estimate of drug-likeness (QED) is 0.646. The third-order valence-corrected chi connectivity index (χ3v) is 3.64. The molecule has 0 spiro atoms. The average Bonchev–Trinajstić information content (AvgIpc) is 2.77. The number of esters is 1. The molecule has 1 amide bonds. The maximum atomic E-state index is 11.8. The summed E-state index contributed by atoms with van der Waals surface area (Å²) < 4.78 is 5.05. The highest BCUT2D eigenvalue weighted by atomic mass is 35.5. The lowest BCUT2D eigenvalue weighted by Gasteiger charge is -2.09. The zero-order chi connectivity index (χ0) is 16.1. The molecule has 22 heavy (non-hydrogen) atoms. The zero-order valence-corrected chi connectivity index (χ0v) is 13.5. The van der Waals surface area contributed by atoms with Crippen LogP contribution in [0.1, 0.15) is 26.2 Å². The zero-order valence-electron chi connectivity index (χ0n) is 12.0. The van der Waals surface area contributed by atoms with Crippen molar-refractivity contribution in [3.63, 3.8) is 0 Å². The lowest BCUT2D eigenvalue weighted by atomic mass is 9.99. The molecule has 1 saturated heterocycles. The highest BCUT2D eigenvalue weighted by Gasteiger charge is 2.31. The topological polar surface area (TPSA) is 80.3 Å². The second kappa shape index (κ2) is 7.51. The van der Waals surface area contributed by atoms with Crippen LogP contribution in [0.15, 0.2) is 18.3 Å². The molecule has 0 bridgehead atoms. The molecule has 0 radical (unpaired) electrons. The minimum atomic E-state index is -0.251. The van der Waals surface area contributed by atoms with Crippen molar-refractivity contribution in [2.75, 3.05) is 5.32 Å². The molecular formula is C14H16ClN3O3S.